The molecular formula is C10H17BrO2. The molecule has 0 radical (unpaired) electrons. The smallest absolute Gasteiger partial charge is 0.309 e. The fourth-order valence-electron chi connectivity index (χ4n) is 2.07. The molecule has 0 aliphatic heterocycles. The number of ether oxygens (including phenoxy) is 1. The van der Waals surface area contributed by atoms with Crippen molar-refractivity contribution in [1.29, 1.82) is 0 Å². The van der Waals surface area contributed by atoms with Crippen LogP contribution < -0.4 is 0 Å². The summed E-state index contributed by atoms with van der Waals surface area (Å²) < 4.78 is 4.79. The summed E-state index contributed by atoms with van der Waals surface area (Å²) >= 11 is 3.39. The lowest BCUT2D eigenvalue weighted by atomic mass is 9.81. The molecule has 0 amide bonds. The minimum Gasteiger partial charge on any atom is -0.469 e. The molecule has 1 saturated carbocycles. The van der Waals surface area contributed by atoms with E-state index in [1.54, 1.807) is 0 Å². The second kappa shape index (κ2) is 5.63. The molecule has 2 nitrogen and oxygen atoms in total. The van der Waals surface area contributed by atoms with Crippen molar-refractivity contribution >= 4 is 21.9 Å². The van der Waals surface area contributed by atoms with Crippen LogP contribution in [0.3, 0.4) is 0 Å². The molecular weight excluding hydrogens is 232 g/mol. The molecule has 0 saturated heterocycles. The monoisotopic (exact) mass is 248 g/mol. The molecule has 0 heterocycles. The third-order valence-electron chi connectivity index (χ3n) is 2.89. The van der Waals surface area contributed by atoms with Gasteiger partial charge in [0.2, 0.25) is 0 Å². The van der Waals surface area contributed by atoms with Gasteiger partial charge in [0.1, 0.15) is 0 Å². The highest BCUT2D eigenvalue weighted by Gasteiger charge is 2.28. The van der Waals surface area contributed by atoms with Gasteiger partial charge in [-0.25, -0.2) is 0 Å². The standard InChI is InChI=1S/C10H17BrO2/c1-13-10(12)9(7-11)8-5-3-2-4-6-8/h8-9H,2-7H2,1H3/t9-/m0/s1. The average Bonchev–Trinajstić information content (AvgIpc) is 2.20. The third kappa shape index (κ3) is 2.97. The summed E-state index contributed by atoms with van der Waals surface area (Å²) in [5.41, 5.74) is 0. The van der Waals surface area contributed by atoms with Crippen molar-refractivity contribution in [2.75, 3.05) is 12.4 Å². The second-order valence-corrected chi connectivity index (χ2v) is 4.33. The molecule has 1 rings (SSSR count). The maximum Gasteiger partial charge on any atom is 0.309 e. The van der Waals surface area contributed by atoms with Crippen LogP contribution in [0.25, 0.3) is 0 Å². The van der Waals surface area contributed by atoms with Gasteiger partial charge < -0.3 is 4.74 Å². The van der Waals surface area contributed by atoms with Crippen LogP contribution >= 0.6 is 15.9 Å². The first kappa shape index (κ1) is 11.0. The van der Waals surface area contributed by atoms with Crippen molar-refractivity contribution < 1.29 is 9.53 Å². The number of alkyl halides is 1. The number of esters is 1. The normalized spacial score (nSPS) is 21.1. The molecule has 1 fully saturated rings. The summed E-state index contributed by atoms with van der Waals surface area (Å²) in [5.74, 6) is 0.564. The van der Waals surface area contributed by atoms with Gasteiger partial charge in [-0.2, -0.15) is 0 Å². The van der Waals surface area contributed by atoms with Crippen molar-refractivity contribution in [1.82, 2.24) is 0 Å². The van der Waals surface area contributed by atoms with E-state index in [2.05, 4.69) is 15.9 Å². The SMILES string of the molecule is COC(=O)[C@@H](CBr)C1CCCCC1. The van der Waals surface area contributed by atoms with E-state index in [9.17, 15) is 4.79 Å². The van der Waals surface area contributed by atoms with Gasteiger partial charge >= 0.3 is 5.97 Å². The number of hydrogen-bond donors (Lipinski definition) is 0. The molecule has 13 heavy (non-hydrogen) atoms. The molecule has 1 aliphatic rings. The molecule has 1 atom stereocenters. The molecule has 0 spiro atoms. The second-order valence-electron chi connectivity index (χ2n) is 3.68. The summed E-state index contributed by atoms with van der Waals surface area (Å²) in [6.45, 7) is 0. The summed E-state index contributed by atoms with van der Waals surface area (Å²) in [7, 11) is 1.47. The zero-order valence-corrected chi connectivity index (χ0v) is 9.68. The fraction of sp³-hybridized carbons (Fsp3) is 0.900. The predicted octanol–water partition coefficient (Wildman–Crippen LogP) is 2.75. The predicted molar refractivity (Wildman–Crippen MR) is 55.9 cm³/mol. The van der Waals surface area contributed by atoms with Gasteiger partial charge in [-0.1, -0.05) is 35.2 Å². The Balaban J connectivity index is 2.48. The minimum atomic E-state index is -0.0521. The number of carbonyl (C=O) groups excluding carboxylic acids is 1. The first-order valence-corrected chi connectivity index (χ1v) is 6.05. The highest BCUT2D eigenvalue weighted by Crippen LogP contribution is 2.31. The summed E-state index contributed by atoms with van der Waals surface area (Å²) in [4.78, 5) is 11.4. The minimum absolute atomic E-state index is 0.0521. The summed E-state index contributed by atoms with van der Waals surface area (Å²) in [6.07, 6.45) is 6.24. The summed E-state index contributed by atoms with van der Waals surface area (Å²) in [5, 5.41) is 0.740. The Labute approximate surface area is 88.2 Å². The van der Waals surface area contributed by atoms with E-state index in [0.29, 0.717) is 5.92 Å². The van der Waals surface area contributed by atoms with Crippen LogP contribution in [0.2, 0.25) is 0 Å². The summed E-state index contributed by atoms with van der Waals surface area (Å²) in [6, 6.07) is 0. The maximum atomic E-state index is 11.4. The zero-order valence-electron chi connectivity index (χ0n) is 8.09. The van der Waals surface area contributed by atoms with E-state index in [-0.39, 0.29) is 11.9 Å². The molecule has 1 aliphatic carbocycles. The Morgan fingerprint density at radius 1 is 1.46 bits per heavy atom. The van der Waals surface area contributed by atoms with Crippen molar-refractivity contribution in [3.63, 3.8) is 0 Å². The van der Waals surface area contributed by atoms with Crippen LogP contribution in [0.1, 0.15) is 32.1 Å². The van der Waals surface area contributed by atoms with Crippen molar-refractivity contribution in [3.8, 4) is 0 Å². The molecule has 0 aromatic heterocycles. The Hall–Kier alpha value is -0.0500. The van der Waals surface area contributed by atoms with Crippen LogP contribution in [0.4, 0.5) is 0 Å². The highest BCUT2D eigenvalue weighted by atomic mass is 79.9. The van der Waals surface area contributed by atoms with Crippen molar-refractivity contribution in [3.05, 3.63) is 0 Å². The molecule has 0 aromatic carbocycles. The van der Waals surface area contributed by atoms with Gasteiger partial charge in [-0.3, -0.25) is 4.79 Å². The number of halogens is 1. The van der Waals surface area contributed by atoms with Gasteiger partial charge in [-0.15, -0.1) is 0 Å². The average molecular weight is 249 g/mol. The van der Waals surface area contributed by atoms with Crippen molar-refractivity contribution in [2.24, 2.45) is 11.8 Å². The molecule has 0 N–H and O–H groups in total. The maximum absolute atomic E-state index is 11.4. The van der Waals surface area contributed by atoms with E-state index in [1.165, 1.54) is 39.2 Å². The lowest BCUT2D eigenvalue weighted by molar-refractivity contribution is -0.146. The van der Waals surface area contributed by atoms with Gasteiger partial charge in [0.05, 0.1) is 13.0 Å². The quantitative estimate of drug-likeness (QED) is 0.567. The van der Waals surface area contributed by atoms with Crippen LogP contribution in [0.5, 0.6) is 0 Å². The van der Waals surface area contributed by atoms with E-state index < -0.39 is 0 Å². The lowest BCUT2D eigenvalue weighted by Gasteiger charge is -2.26. The third-order valence-corrected chi connectivity index (χ3v) is 3.59. The number of rotatable bonds is 3. The van der Waals surface area contributed by atoms with Crippen LogP contribution in [-0.4, -0.2) is 18.4 Å². The van der Waals surface area contributed by atoms with E-state index in [0.717, 1.165) is 5.33 Å². The molecule has 76 valence electrons. The molecule has 3 heteroatoms. The lowest BCUT2D eigenvalue weighted by Crippen LogP contribution is -2.28. The number of hydrogen-bond acceptors (Lipinski definition) is 2. The van der Waals surface area contributed by atoms with Gasteiger partial charge in [0, 0.05) is 5.33 Å². The van der Waals surface area contributed by atoms with Crippen LogP contribution in [-0.2, 0) is 9.53 Å². The Morgan fingerprint density at radius 3 is 2.54 bits per heavy atom. The van der Waals surface area contributed by atoms with Gasteiger partial charge in [0.25, 0.3) is 0 Å². The van der Waals surface area contributed by atoms with E-state index >= 15 is 0 Å². The van der Waals surface area contributed by atoms with Crippen molar-refractivity contribution in [2.45, 2.75) is 32.1 Å². The van der Waals surface area contributed by atoms with Gasteiger partial charge in [-0.05, 0) is 18.8 Å². The zero-order chi connectivity index (χ0) is 9.68. The Bertz CT molecular complexity index is 164. The molecule has 0 bridgehead atoms. The Kier molecular flexibility index (Phi) is 4.78. The number of methoxy groups -OCH3 is 1. The molecule has 0 unspecified atom stereocenters. The largest absolute Gasteiger partial charge is 0.469 e. The fourth-order valence-corrected chi connectivity index (χ4v) is 2.86. The highest BCUT2D eigenvalue weighted by molar-refractivity contribution is 9.09. The number of carbonyl (C=O) groups is 1. The van der Waals surface area contributed by atoms with E-state index in [4.69, 9.17) is 4.74 Å². The topological polar surface area (TPSA) is 26.3 Å². The first-order chi connectivity index (χ1) is 6.29. The van der Waals surface area contributed by atoms with E-state index in [1.807, 2.05) is 0 Å². The van der Waals surface area contributed by atoms with Gasteiger partial charge in [0.15, 0.2) is 0 Å². The van der Waals surface area contributed by atoms with Crippen LogP contribution in [0.15, 0.2) is 0 Å². The van der Waals surface area contributed by atoms with Crippen LogP contribution in [0, 0.1) is 11.8 Å². The molecule has 0 aromatic rings. The first-order valence-electron chi connectivity index (χ1n) is 4.93. The Morgan fingerprint density at radius 2 is 2.08 bits per heavy atom.